The summed E-state index contributed by atoms with van der Waals surface area (Å²) in [4.78, 5) is 24.8. The van der Waals surface area contributed by atoms with Crippen molar-refractivity contribution in [1.82, 2.24) is 5.32 Å². The molecule has 0 unspecified atom stereocenters. The van der Waals surface area contributed by atoms with Crippen LogP contribution >= 0.6 is 0 Å². The van der Waals surface area contributed by atoms with Crippen molar-refractivity contribution in [3.8, 4) is 5.75 Å². The van der Waals surface area contributed by atoms with E-state index in [1.165, 1.54) is 0 Å². The maximum atomic E-state index is 12.5. The lowest BCUT2D eigenvalue weighted by Crippen LogP contribution is -2.25. The highest BCUT2D eigenvalue weighted by Gasteiger charge is 2.18. The minimum Gasteiger partial charge on any atom is -0.497 e. The second-order valence-corrected chi connectivity index (χ2v) is 6.84. The van der Waals surface area contributed by atoms with Crippen molar-refractivity contribution in [2.75, 3.05) is 20.3 Å². The average molecular weight is 391 g/mol. The molecule has 0 saturated heterocycles. The third-order valence-corrected chi connectivity index (χ3v) is 4.71. The van der Waals surface area contributed by atoms with Crippen LogP contribution in [-0.4, -0.2) is 32.1 Å². The number of esters is 1. The Morgan fingerprint density at radius 3 is 2.45 bits per heavy atom. The zero-order valence-electron chi connectivity index (χ0n) is 17.0. The largest absolute Gasteiger partial charge is 0.497 e. The molecule has 0 atom stereocenters. The molecular formula is C24H25NO4. The van der Waals surface area contributed by atoms with Gasteiger partial charge in [-0.25, -0.2) is 4.79 Å². The SMILES string of the molecule is CCNC(=O)c1cc(C)ccc1C(=O)OCCc1ccc2cc(OC)ccc2c1. The van der Waals surface area contributed by atoms with E-state index in [1.54, 1.807) is 25.3 Å². The van der Waals surface area contributed by atoms with Gasteiger partial charge >= 0.3 is 5.97 Å². The number of amides is 1. The Balaban J connectivity index is 1.67. The quantitative estimate of drug-likeness (QED) is 0.610. The van der Waals surface area contributed by atoms with Crippen molar-refractivity contribution >= 4 is 22.6 Å². The number of fused-ring (bicyclic) bond motifs is 1. The van der Waals surface area contributed by atoms with Gasteiger partial charge in [0, 0.05) is 13.0 Å². The van der Waals surface area contributed by atoms with E-state index < -0.39 is 5.97 Å². The zero-order valence-corrected chi connectivity index (χ0v) is 17.0. The van der Waals surface area contributed by atoms with Crippen molar-refractivity contribution in [2.45, 2.75) is 20.3 Å². The number of nitrogens with one attached hydrogen (secondary N) is 1. The topological polar surface area (TPSA) is 64.6 Å². The number of ether oxygens (including phenoxy) is 2. The molecular weight excluding hydrogens is 366 g/mol. The molecule has 3 rings (SSSR count). The summed E-state index contributed by atoms with van der Waals surface area (Å²) in [7, 11) is 1.65. The molecule has 1 N–H and O–H groups in total. The first-order valence-electron chi connectivity index (χ1n) is 9.64. The van der Waals surface area contributed by atoms with Gasteiger partial charge in [0.05, 0.1) is 24.8 Å². The first-order valence-corrected chi connectivity index (χ1v) is 9.64. The number of carbonyl (C=O) groups excluding carboxylic acids is 2. The molecule has 0 aliphatic heterocycles. The highest BCUT2D eigenvalue weighted by atomic mass is 16.5. The minimum atomic E-state index is -0.489. The van der Waals surface area contributed by atoms with E-state index in [-0.39, 0.29) is 18.1 Å². The number of methoxy groups -OCH3 is 1. The number of aryl methyl sites for hydroxylation is 1. The van der Waals surface area contributed by atoms with Gasteiger partial charge < -0.3 is 14.8 Å². The van der Waals surface area contributed by atoms with Gasteiger partial charge in [-0.2, -0.15) is 0 Å². The van der Waals surface area contributed by atoms with Crippen molar-refractivity contribution in [3.05, 3.63) is 76.9 Å². The van der Waals surface area contributed by atoms with Gasteiger partial charge in [0.1, 0.15) is 5.75 Å². The Hall–Kier alpha value is -3.34. The number of hydrogen-bond acceptors (Lipinski definition) is 4. The number of rotatable bonds is 7. The molecule has 0 aliphatic rings. The van der Waals surface area contributed by atoms with Crippen LogP contribution < -0.4 is 10.1 Å². The second-order valence-electron chi connectivity index (χ2n) is 6.84. The third kappa shape index (κ3) is 4.93. The molecule has 3 aromatic carbocycles. The lowest BCUT2D eigenvalue weighted by atomic mass is 10.0. The minimum absolute atomic E-state index is 0.239. The molecule has 29 heavy (non-hydrogen) atoms. The molecule has 0 fully saturated rings. The van der Waals surface area contributed by atoms with Crippen LogP contribution in [0.4, 0.5) is 0 Å². The number of carbonyl (C=O) groups is 2. The summed E-state index contributed by atoms with van der Waals surface area (Å²) >= 11 is 0. The van der Waals surface area contributed by atoms with Crippen LogP contribution in [0.3, 0.4) is 0 Å². The molecule has 0 heterocycles. The summed E-state index contributed by atoms with van der Waals surface area (Å²) in [6.07, 6.45) is 0.593. The van der Waals surface area contributed by atoms with Crippen LogP contribution in [0.15, 0.2) is 54.6 Å². The molecule has 5 nitrogen and oxygen atoms in total. The number of hydrogen-bond donors (Lipinski definition) is 1. The summed E-state index contributed by atoms with van der Waals surface area (Å²) in [5, 5.41) is 4.93. The maximum absolute atomic E-state index is 12.5. The van der Waals surface area contributed by atoms with Crippen LogP contribution in [0, 0.1) is 6.92 Å². The average Bonchev–Trinajstić information content (AvgIpc) is 2.73. The second kappa shape index (κ2) is 9.24. The van der Waals surface area contributed by atoms with E-state index in [2.05, 4.69) is 11.4 Å². The van der Waals surface area contributed by atoms with E-state index in [0.29, 0.717) is 18.5 Å². The van der Waals surface area contributed by atoms with Crippen molar-refractivity contribution in [1.29, 1.82) is 0 Å². The summed E-state index contributed by atoms with van der Waals surface area (Å²) in [6.45, 7) is 4.46. The van der Waals surface area contributed by atoms with Crippen LogP contribution in [-0.2, 0) is 11.2 Å². The molecule has 3 aromatic rings. The lowest BCUT2D eigenvalue weighted by Gasteiger charge is -2.11. The molecule has 0 radical (unpaired) electrons. The Morgan fingerprint density at radius 1 is 0.931 bits per heavy atom. The van der Waals surface area contributed by atoms with Gasteiger partial charge in [0.25, 0.3) is 5.91 Å². The van der Waals surface area contributed by atoms with Gasteiger partial charge in [-0.15, -0.1) is 0 Å². The van der Waals surface area contributed by atoms with Crippen molar-refractivity contribution in [2.24, 2.45) is 0 Å². The van der Waals surface area contributed by atoms with Gasteiger partial charge in [0.15, 0.2) is 0 Å². The summed E-state index contributed by atoms with van der Waals surface area (Å²) in [5.74, 6) is 0.0603. The van der Waals surface area contributed by atoms with Crippen molar-refractivity contribution < 1.29 is 19.1 Å². The summed E-state index contributed by atoms with van der Waals surface area (Å²) in [5.41, 5.74) is 2.61. The van der Waals surface area contributed by atoms with Gasteiger partial charge in [-0.05, 0) is 54.4 Å². The summed E-state index contributed by atoms with van der Waals surface area (Å²) in [6, 6.07) is 17.2. The van der Waals surface area contributed by atoms with Gasteiger partial charge in [0.2, 0.25) is 0 Å². The fraction of sp³-hybridized carbons (Fsp3) is 0.250. The molecule has 0 saturated carbocycles. The van der Waals surface area contributed by atoms with Crippen LogP contribution in [0.5, 0.6) is 5.75 Å². The predicted molar refractivity (Wildman–Crippen MR) is 114 cm³/mol. The molecule has 0 bridgehead atoms. The fourth-order valence-corrected chi connectivity index (χ4v) is 3.17. The van der Waals surface area contributed by atoms with Crippen molar-refractivity contribution in [3.63, 3.8) is 0 Å². The van der Waals surface area contributed by atoms with Crippen LogP contribution in [0.2, 0.25) is 0 Å². The maximum Gasteiger partial charge on any atom is 0.338 e. The normalized spacial score (nSPS) is 10.6. The monoisotopic (exact) mass is 391 g/mol. The molecule has 0 aromatic heterocycles. The molecule has 5 heteroatoms. The van der Waals surface area contributed by atoms with Gasteiger partial charge in [-0.3, -0.25) is 4.79 Å². The third-order valence-electron chi connectivity index (χ3n) is 4.71. The molecule has 0 spiro atoms. The lowest BCUT2D eigenvalue weighted by molar-refractivity contribution is 0.0505. The van der Waals surface area contributed by atoms with E-state index in [0.717, 1.165) is 27.6 Å². The smallest absolute Gasteiger partial charge is 0.338 e. The highest BCUT2D eigenvalue weighted by Crippen LogP contribution is 2.22. The van der Waals surface area contributed by atoms with E-state index in [9.17, 15) is 9.59 Å². The molecule has 150 valence electrons. The highest BCUT2D eigenvalue weighted by molar-refractivity contribution is 6.05. The number of benzene rings is 3. The zero-order chi connectivity index (χ0) is 20.8. The van der Waals surface area contributed by atoms with E-state index in [1.807, 2.05) is 44.2 Å². The Bertz CT molecular complexity index is 1040. The molecule has 0 aliphatic carbocycles. The standard InChI is InChI=1S/C24H25NO4/c1-4-25-23(26)22-13-16(2)5-10-21(22)24(27)29-12-11-17-6-7-19-15-20(28-3)9-8-18(19)14-17/h5-10,13-15H,4,11-12H2,1-3H3,(H,25,26). The first-order chi connectivity index (χ1) is 14.0. The van der Waals surface area contributed by atoms with E-state index >= 15 is 0 Å². The van der Waals surface area contributed by atoms with Crippen LogP contribution in [0.25, 0.3) is 10.8 Å². The fourth-order valence-electron chi connectivity index (χ4n) is 3.17. The Kier molecular flexibility index (Phi) is 6.50. The van der Waals surface area contributed by atoms with Gasteiger partial charge in [-0.1, -0.05) is 35.9 Å². The Morgan fingerprint density at radius 2 is 1.69 bits per heavy atom. The Labute approximate surface area is 170 Å². The van der Waals surface area contributed by atoms with Crippen LogP contribution in [0.1, 0.15) is 38.8 Å². The molecule has 1 amide bonds. The first kappa shape index (κ1) is 20.4. The van der Waals surface area contributed by atoms with E-state index in [4.69, 9.17) is 9.47 Å². The summed E-state index contributed by atoms with van der Waals surface area (Å²) < 4.78 is 10.7. The predicted octanol–water partition coefficient (Wildman–Crippen LogP) is 4.31.